The van der Waals surface area contributed by atoms with Crippen LogP contribution in [0.3, 0.4) is 0 Å². The van der Waals surface area contributed by atoms with E-state index in [1.807, 2.05) is 0 Å². The Bertz CT molecular complexity index is 529. The summed E-state index contributed by atoms with van der Waals surface area (Å²) >= 11 is 7.89. The highest BCUT2D eigenvalue weighted by Crippen LogP contribution is 2.23. The Balaban J connectivity index is 2.14. The van der Waals surface area contributed by atoms with Gasteiger partial charge < -0.3 is 0 Å². The summed E-state index contributed by atoms with van der Waals surface area (Å²) in [5, 5.41) is 3.24. The summed E-state index contributed by atoms with van der Waals surface area (Å²) in [6, 6.07) is 1.70. The lowest BCUT2D eigenvalue weighted by Gasteiger charge is -2.00. The number of nitrogens with one attached hydrogen (secondary N) is 1. The largest absolute Gasteiger partial charge is 0.298 e. The van der Waals surface area contributed by atoms with Gasteiger partial charge in [-0.05, 0) is 37.9 Å². The first-order valence-corrected chi connectivity index (χ1v) is 6.58. The summed E-state index contributed by atoms with van der Waals surface area (Å²) in [5.41, 5.74) is 0.487. The Kier molecular flexibility index (Phi) is 3.67. The van der Waals surface area contributed by atoms with Gasteiger partial charge in [0.15, 0.2) is 5.13 Å². The van der Waals surface area contributed by atoms with Crippen LogP contribution in [0.5, 0.6) is 0 Å². The number of hydrogen-bond donors (Lipinski definition) is 1. The molecular formula is C9H5Br2N3OS. The summed E-state index contributed by atoms with van der Waals surface area (Å²) in [6.07, 6.45) is 4.76. The minimum Gasteiger partial charge on any atom is -0.298 e. The maximum Gasteiger partial charge on any atom is 0.259 e. The van der Waals surface area contributed by atoms with Crippen molar-refractivity contribution in [2.75, 3.05) is 5.32 Å². The molecule has 0 bridgehead atoms. The standard InChI is InChI=1S/C9H5Br2N3OS/c10-6-1-5(2-12-3-6)8(15)14-9-13-4-7(11)16-9/h1-4H,(H,13,14,15). The summed E-state index contributed by atoms with van der Waals surface area (Å²) in [7, 11) is 0. The molecule has 0 aliphatic heterocycles. The fraction of sp³-hybridized carbons (Fsp3) is 0. The van der Waals surface area contributed by atoms with E-state index in [-0.39, 0.29) is 5.91 Å². The Labute approximate surface area is 112 Å². The average molecular weight is 363 g/mol. The Morgan fingerprint density at radius 2 is 2.12 bits per heavy atom. The second-order valence-corrected chi connectivity index (χ2v) is 6.14. The molecule has 16 heavy (non-hydrogen) atoms. The van der Waals surface area contributed by atoms with Crippen LogP contribution in [0.4, 0.5) is 5.13 Å². The van der Waals surface area contributed by atoms with Crippen molar-refractivity contribution in [1.29, 1.82) is 0 Å². The van der Waals surface area contributed by atoms with E-state index in [2.05, 4.69) is 47.1 Å². The number of carbonyl (C=O) groups excluding carboxylic acids is 1. The maximum absolute atomic E-state index is 11.8. The van der Waals surface area contributed by atoms with Gasteiger partial charge in [0, 0.05) is 16.9 Å². The van der Waals surface area contributed by atoms with E-state index < -0.39 is 0 Å². The van der Waals surface area contributed by atoms with Crippen molar-refractivity contribution in [3.05, 3.63) is 38.5 Å². The van der Waals surface area contributed by atoms with Crippen LogP contribution in [0, 0.1) is 0 Å². The lowest BCUT2D eigenvalue weighted by atomic mass is 10.3. The molecule has 0 fully saturated rings. The molecule has 2 heterocycles. The third kappa shape index (κ3) is 2.87. The molecule has 2 aromatic rings. The van der Waals surface area contributed by atoms with Crippen molar-refractivity contribution >= 4 is 54.2 Å². The van der Waals surface area contributed by atoms with Crippen molar-refractivity contribution in [2.45, 2.75) is 0 Å². The predicted molar refractivity (Wildman–Crippen MR) is 69.7 cm³/mol. The summed E-state index contributed by atoms with van der Waals surface area (Å²) < 4.78 is 1.63. The first kappa shape index (κ1) is 11.7. The van der Waals surface area contributed by atoms with E-state index in [0.29, 0.717) is 10.7 Å². The van der Waals surface area contributed by atoms with Gasteiger partial charge in [-0.2, -0.15) is 0 Å². The fourth-order valence-corrected chi connectivity index (χ4v) is 2.48. The molecule has 2 aromatic heterocycles. The van der Waals surface area contributed by atoms with Crippen molar-refractivity contribution in [3.63, 3.8) is 0 Å². The Hall–Kier alpha value is -0.790. The zero-order chi connectivity index (χ0) is 11.5. The topological polar surface area (TPSA) is 54.9 Å². The summed E-state index contributed by atoms with van der Waals surface area (Å²) in [6.45, 7) is 0. The molecular weight excluding hydrogens is 358 g/mol. The molecule has 0 aliphatic carbocycles. The van der Waals surface area contributed by atoms with Gasteiger partial charge in [-0.3, -0.25) is 15.1 Å². The summed E-state index contributed by atoms with van der Waals surface area (Å²) in [5.74, 6) is -0.226. The molecule has 2 rings (SSSR count). The van der Waals surface area contributed by atoms with E-state index in [4.69, 9.17) is 0 Å². The summed E-state index contributed by atoms with van der Waals surface area (Å²) in [4.78, 5) is 19.7. The molecule has 4 nitrogen and oxygen atoms in total. The molecule has 0 spiro atoms. The lowest BCUT2D eigenvalue weighted by Crippen LogP contribution is -2.11. The molecule has 0 radical (unpaired) electrons. The van der Waals surface area contributed by atoms with Crippen LogP contribution < -0.4 is 5.32 Å². The van der Waals surface area contributed by atoms with Crippen LogP contribution >= 0.6 is 43.2 Å². The fourth-order valence-electron chi connectivity index (χ4n) is 1.02. The first-order chi connectivity index (χ1) is 7.65. The van der Waals surface area contributed by atoms with Crippen LogP contribution in [0.2, 0.25) is 0 Å². The molecule has 0 aliphatic rings. The van der Waals surface area contributed by atoms with E-state index in [0.717, 1.165) is 8.26 Å². The van der Waals surface area contributed by atoms with Gasteiger partial charge in [-0.1, -0.05) is 11.3 Å². The molecule has 1 N–H and O–H groups in total. The zero-order valence-corrected chi connectivity index (χ0v) is 11.8. The van der Waals surface area contributed by atoms with Crippen molar-refractivity contribution < 1.29 is 4.79 Å². The number of carbonyl (C=O) groups is 1. The third-order valence-electron chi connectivity index (χ3n) is 1.67. The molecule has 0 saturated carbocycles. The number of pyridine rings is 1. The number of halogens is 2. The lowest BCUT2D eigenvalue weighted by molar-refractivity contribution is 0.102. The van der Waals surface area contributed by atoms with Crippen molar-refractivity contribution in [2.24, 2.45) is 0 Å². The van der Waals surface area contributed by atoms with E-state index in [1.165, 1.54) is 17.5 Å². The number of aromatic nitrogens is 2. The highest BCUT2D eigenvalue weighted by atomic mass is 79.9. The first-order valence-electron chi connectivity index (χ1n) is 4.18. The monoisotopic (exact) mass is 361 g/mol. The van der Waals surface area contributed by atoms with Crippen LogP contribution in [-0.2, 0) is 0 Å². The second-order valence-electron chi connectivity index (χ2n) is 2.82. The zero-order valence-electron chi connectivity index (χ0n) is 7.78. The minimum absolute atomic E-state index is 0.226. The van der Waals surface area contributed by atoms with Crippen molar-refractivity contribution in [1.82, 2.24) is 9.97 Å². The molecule has 7 heteroatoms. The molecule has 1 amide bonds. The van der Waals surface area contributed by atoms with Crippen molar-refractivity contribution in [3.8, 4) is 0 Å². The number of nitrogens with zero attached hydrogens (tertiary/aromatic N) is 2. The van der Waals surface area contributed by atoms with Gasteiger partial charge in [-0.15, -0.1) is 0 Å². The van der Waals surface area contributed by atoms with Gasteiger partial charge in [-0.25, -0.2) is 4.98 Å². The number of thiazole rings is 1. The SMILES string of the molecule is O=C(Nc1ncc(Br)s1)c1cncc(Br)c1. The quantitative estimate of drug-likeness (QED) is 0.891. The second kappa shape index (κ2) is 5.03. The van der Waals surface area contributed by atoms with E-state index >= 15 is 0 Å². The number of anilines is 1. The normalized spacial score (nSPS) is 10.1. The van der Waals surface area contributed by atoms with E-state index in [9.17, 15) is 4.79 Å². The van der Waals surface area contributed by atoms with E-state index in [1.54, 1.807) is 18.5 Å². The molecule has 0 atom stereocenters. The van der Waals surface area contributed by atoms with Crippen LogP contribution in [0.25, 0.3) is 0 Å². The van der Waals surface area contributed by atoms with Gasteiger partial charge in [0.2, 0.25) is 0 Å². The number of amides is 1. The van der Waals surface area contributed by atoms with Crippen LogP contribution in [-0.4, -0.2) is 15.9 Å². The predicted octanol–water partition coefficient (Wildman–Crippen LogP) is 3.32. The van der Waals surface area contributed by atoms with Gasteiger partial charge in [0.1, 0.15) is 0 Å². The highest BCUT2D eigenvalue weighted by Gasteiger charge is 2.09. The van der Waals surface area contributed by atoms with Gasteiger partial charge >= 0.3 is 0 Å². The molecule has 0 aromatic carbocycles. The highest BCUT2D eigenvalue weighted by molar-refractivity contribution is 9.11. The van der Waals surface area contributed by atoms with Gasteiger partial charge in [0.25, 0.3) is 5.91 Å². The molecule has 82 valence electrons. The Morgan fingerprint density at radius 1 is 1.31 bits per heavy atom. The third-order valence-corrected chi connectivity index (χ3v) is 3.49. The number of rotatable bonds is 2. The van der Waals surface area contributed by atoms with Crippen LogP contribution in [0.15, 0.2) is 32.9 Å². The molecule has 0 saturated heterocycles. The van der Waals surface area contributed by atoms with Crippen LogP contribution in [0.1, 0.15) is 10.4 Å². The average Bonchev–Trinajstić information content (AvgIpc) is 2.64. The minimum atomic E-state index is -0.226. The Morgan fingerprint density at radius 3 is 2.75 bits per heavy atom. The smallest absolute Gasteiger partial charge is 0.259 e. The maximum atomic E-state index is 11.8. The molecule has 0 unspecified atom stereocenters. The number of hydrogen-bond acceptors (Lipinski definition) is 4. The van der Waals surface area contributed by atoms with Gasteiger partial charge in [0.05, 0.1) is 15.5 Å².